The van der Waals surface area contributed by atoms with Crippen molar-refractivity contribution in [3.63, 3.8) is 0 Å². The van der Waals surface area contributed by atoms with E-state index in [0.717, 1.165) is 24.0 Å². The summed E-state index contributed by atoms with van der Waals surface area (Å²) >= 11 is 0. The Labute approximate surface area is 116 Å². The van der Waals surface area contributed by atoms with Gasteiger partial charge < -0.3 is 10.1 Å². The van der Waals surface area contributed by atoms with Gasteiger partial charge in [0.15, 0.2) is 0 Å². The lowest BCUT2D eigenvalue weighted by Crippen LogP contribution is -2.29. The van der Waals surface area contributed by atoms with Crippen LogP contribution in [0.2, 0.25) is 0 Å². The molecule has 1 unspecified atom stereocenters. The molecule has 0 saturated carbocycles. The molecule has 1 N–H and O–H groups in total. The third kappa shape index (κ3) is 5.43. The fourth-order valence-electron chi connectivity index (χ4n) is 2.00. The summed E-state index contributed by atoms with van der Waals surface area (Å²) in [5.41, 5.74) is 2.28. The van der Waals surface area contributed by atoms with Crippen molar-refractivity contribution >= 4 is 5.91 Å². The van der Waals surface area contributed by atoms with Crippen LogP contribution in [0.3, 0.4) is 0 Å². The molecule has 1 rings (SSSR count). The van der Waals surface area contributed by atoms with E-state index in [-0.39, 0.29) is 11.8 Å². The third-order valence-corrected chi connectivity index (χ3v) is 3.20. The van der Waals surface area contributed by atoms with Gasteiger partial charge in [-0.25, -0.2) is 0 Å². The molecule has 0 aliphatic rings. The van der Waals surface area contributed by atoms with Crippen LogP contribution in [0.5, 0.6) is 0 Å². The highest BCUT2D eigenvalue weighted by Gasteiger charge is 2.11. The second-order valence-electron chi connectivity index (χ2n) is 4.81. The first-order valence-electron chi connectivity index (χ1n) is 7.11. The number of nitrogens with one attached hydrogen (secondary N) is 1. The molecule has 0 aliphatic heterocycles. The van der Waals surface area contributed by atoms with Crippen LogP contribution in [0.25, 0.3) is 0 Å². The quantitative estimate of drug-likeness (QED) is 0.781. The molecule has 0 heterocycles. The van der Waals surface area contributed by atoms with E-state index >= 15 is 0 Å². The summed E-state index contributed by atoms with van der Waals surface area (Å²) in [4.78, 5) is 11.9. The lowest BCUT2D eigenvalue weighted by molar-refractivity contribution is -0.124. The fraction of sp³-hybridized carbons (Fsp3) is 0.562. The van der Waals surface area contributed by atoms with Crippen LogP contribution in [-0.2, 0) is 22.7 Å². The van der Waals surface area contributed by atoms with E-state index in [4.69, 9.17) is 4.74 Å². The Morgan fingerprint density at radius 1 is 1.26 bits per heavy atom. The van der Waals surface area contributed by atoms with E-state index in [2.05, 4.69) is 12.2 Å². The Hall–Kier alpha value is -1.35. The zero-order chi connectivity index (χ0) is 14.1. The lowest BCUT2D eigenvalue weighted by Gasteiger charge is -2.13. The molecule has 0 fully saturated rings. The summed E-state index contributed by atoms with van der Waals surface area (Å²) in [6.45, 7) is 7.94. The molecule has 0 aliphatic carbocycles. The summed E-state index contributed by atoms with van der Waals surface area (Å²) in [7, 11) is 0. The molecule has 0 saturated heterocycles. The van der Waals surface area contributed by atoms with Crippen molar-refractivity contribution in [1.29, 1.82) is 0 Å². The van der Waals surface area contributed by atoms with Gasteiger partial charge in [-0.1, -0.05) is 44.5 Å². The minimum atomic E-state index is 0.0871. The van der Waals surface area contributed by atoms with Gasteiger partial charge in [0.25, 0.3) is 0 Å². The molecule has 3 heteroatoms. The van der Waals surface area contributed by atoms with E-state index in [9.17, 15) is 4.79 Å². The van der Waals surface area contributed by atoms with E-state index < -0.39 is 0 Å². The molecule has 3 nitrogen and oxygen atoms in total. The first-order valence-corrected chi connectivity index (χ1v) is 7.11. The van der Waals surface area contributed by atoms with Crippen molar-refractivity contribution in [2.75, 3.05) is 6.61 Å². The number of hydrogen-bond donors (Lipinski definition) is 1. The van der Waals surface area contributed by atoms with Gasteiger partial charge >= 0.3 is 0 Å². The molecular formula is C16H25NO2. The van der Waals surface area contributed by atoms with Gasteiger partial charge in [-0.05, 0) is 24.5 Å². The zero-order valence-electron chi connectivity index (χ0n) is 12.2. The first kappa shape index (κ1) is 15.7. The van der Waals surface area contributed by atoms with Crippen LogP contribution in [0.15, 0.2) is 24.3 Å². The molecule has 0 aromatic heterocycles. The number of carbonyl (C=O) groups is 1. The van der Waals surface area contributed by atoms with Crippen molar-refractivity contribution in [3.05, 3.63) is 35.4 Å². The lowest BCUT2D eigenvalue weighted by atomic mass is 10.0. The largest absolute Gasteiger partial charge is 0.377 e. The second-order valence-corrected chi connectivity index (χ2v) is 4.81. The average molecular weight is 263 g/mol. The van der Waals surface area contributed by atoms with E-state index in [1.54, 1.807) is 0 Å². The molecule has 0 radical (unpaired) electrons. The molecule has 0 spiro atoms. The molecular weight excluding hydrogens is 238 g/mol. The van der Waals surface area contributed by atoms with Gasteiger partial charge in [-0.2, -0.15) is 0 Å². The maximum atomic E-state index is 11.9. The topological polar surface area (TPSA) is 38.3 Å². The van der Waals surface area contributed by atoms with Crippen LogP contribution in [0.4, 0.5) is 0 Å². The highest BCUT2D eigenvalue weighted by atomic mass is 16.5. The Morgan fingerprint density at radius 3 is 2.58 bits per heavy atom. The standard InChI is InChI=1S/C16H25NO2/c1-4-8-13(3)16(18)17-11-14-9-6-7-10-15(14)12-19-5-2/h6-7,9-10,13H,4-5,8,11-12H2,1-3H3,(H,17,18). The van der Waals surface area contributed by atoms with Crippen LogP contribution >= 0.6 is 0 Å². The SMILES string of the molecule is CCCC(C)C(=O)NCc1ccccc1COCC. The summed E-state index contributed by atoms with van der Waals surface area (Å²) in [5.74, 6) is 0.220. The monoisotopic (exact) mass is 263 g/mol. The Morgan fingerprint density at radius 2 is 1.95 bits per heavy atom. The maximum absolute atomic E-state index is 11.9. The Balaban J connectivity index is 2.54. The van der Waals surface area contributed by atoms with Crippen molar-refractivity contribution in [1.82, 2.24) is 5.32 Å². The molecule has 106 valence electrons. The Kier molecular flexibility index (Phi) is 7.19. The van der Waals surface area contributed by atoms with Crippen molar-refractivity contribution in [2.45, 2.75) is 46.8 Å². The molecule has 19 heavy (non-hydrogen) atoms. The smallest absolute Gasteiger partial charge is 0.223 e. The Bertz CT molecular complexity index is 390. The van der Waals surface area contributed by atoms with Gasteiger partial charge in [0, 0.05) is 19.1 Å². The molecule has 1 aromatic rings. The zero-order valence-corrected chi connectivity index (χ0v) is 12.2. The van der Waals surface area contributed by atoms with Gasteiger partial charge in [-0.15, -0.1) is 0 Å². The predicted octanol–water partition coefficient (Wildman–Crippen LogP) is 3.28. The predicted molar refractivity (Wildman–Crippen MR) is 77.7 cm³/mol. The highest BCUT2D eigenvalue weighted by molar-refractivity contribution is 5.78. The minimum Gasteiger partial charge on any atom is -0.377 e. The van der Waals surface area contributed by atoms with Crippen LogP contribution in [0.1, 0.15) is 44.7 Å². The summed E-state index contributed by atoms with van der Waals surface area (Å²) in [6, 6.07) is 8.08. The second kappa shape index (κ2) is 8.70. The summed E-state index contributed by atoms with van der Waals surface area (Å²) in [6.07, 6.45) is 1.97. The average Bonchev–Trinajstić information content (AvgIpc) is 2.43. The molecule has 1 amide bonds. The molecule has 1 atom stereocenters. The van der Waals surface area contributed by atoms with Crippen LogP contribution in [0, 0.1) is 5.92 Å². The van der Waals surface area contributed by atoms with Crippen molar-refractivity contribution in [3.8, 4) is 0 Å². The number of carbonyl (C=O) groups excluding carboxylic acids is 1. The number of amides is 1. The van der Waals surface area contributed by atoms with Crippen LogP contribution in [-0.4, -0.2) is 12.5 Å². The third-order valence-electron chi connectivity index (χ3n) is 3.20. The normalized spacial score (nSPS) is 12.2. The van der Waals surface area contributed by atoms with Crippen molar-refractivity contribution < 1.29 is 9.53 Å². The molecule has 0 bridgehead atoms. The van der Waals surface area contributed by atoms with Crippen molar-refractivity contribution in [2.24, 2.45) is 5.92 Å². The minimum absolute atomic E-state index is 0.0871. The van der Waals surface area contributed by atoms with E-state index in [0.29, 0.717) is 19.8 Å². The number of ether oxygens (including phenoxy) is 1. The number of rotatable bonds is 8. The first-order chi connectivity index (χ1) is 9.19. The summed E-state index contributed by atoms with van der Waals surface area (Å²) in [5, 5.41) is 3.01. The number of benzene rings is 1. The van der Waals surface area contributed by atoms with Gasteiger partial charge in [0.05, 0.1) is 6.61 Å². The van der Waals surface area contributed by atoms with Gasteiger partial charge in [0.1, 0.15) is 0 Å². The molecule has 1 aromatic carbocycles. The fourth-order valence-corrected chi connectivity index (χ4v) is 2.00. The van der Waals surface area contributed by atoms with Crippen LogP contribution < -0.4 is 5.32 Å². The maximum Gasteiger partial charge on any atom is 0.223 e. The summed E-state index contributed by atoms with van der Waals surface area (Å²) < 4.78 is 5.44. The van der Waals surface area contributed by atoms with E-state index in [1.165, 1.54) is 0 Å². The van der Waals surface area contributed by atoms with E-state index in [1.807, 2.05) is 38.1 Å². The van der Waals surface area contributed by atoms with Gasteiger partial charge in [0.2, 0.25) is 5.91 Å². The number of hydrogen-bond acceptors (Lipinski definition) is 2. The highest BCUT2D eigenvalue weighted by Crippen LogP contribution is 2.11. The van der Waals surface area contributed by atoms with Gasteiger partial charge in [-0.3, -0.25) is 4.79 Å².